The van der Waals surface area contributed by atoms with Crippen LogP contribution in [0.25, 0.3) is 0 Å². The molecule has 0 bridgehead atoms. The zero-order chi connectivity index (χ0) is 14.3. The van der Waals surface area contributed by atoms with Crippen molar-refractivity contribution in [2.24, 2.45) is 5.92 Å². The fourth-order valence-corrected chi connectivity index (χ4v) is 2.58. The van der Waals surface area contributed by atoms with E-state index in [4.69, 9.17) is 9.84 Å². The molecule has 19 heavy (non-hydrogen) atoms. The molecule has 0 spiro atoms. The van der Waals surface area contributed by atoms with Crippen molar-refractivity contribution in [3.8, 4) is 17.6 Å². The lowest BCUT2D eigenvalue weighted by molar-refractivity contribution is 0.350. The summed E-state index contributed by atoms with van der Waals surface area (Å²) >= 11 is 1.92. The van der Waals surface area contributed by atoms with Crippen LogP contribution in [0.15, 0.2) is 18.2 Å². The number of hydrogen-bond acceptors (Lipinski definition) is 3. The Balaban J connectivity index is 2.84. The molecule has 0 fully saturated rings. The van der Waals surface area contributed by atoms with Crippen LogP contribution in [0.4, 0.5) is 0 Å². The monoisotopic (exact) mass is 278 g/mol. The largest absolute Gasteiger partial charge is 0.496 e. The van der Waals surface area contributed by atoms with Crippen LogP contribution < -0.4 is 4.74 Å². The van der Waals surface area contributed by atoms with E-state index in [0.717, 1.165) is 22.6 Å². The molecule has 1 rings (SSSR count). The molecule has 0 amide bonds. The van der Waals surface area contributed by atoms with Crippen LogP contribution in [0.2, 0.25) is 0 Å². The molecule has 2 nitrogen and oxygen atoms in total. The van der Waals surface area contributed by atoms with Crippen molar-refractivity contribution in [2.75, 3.05) is 13.7 Å². The van der Waals surface area contributed by atoms with Crippen LogP contribution in [0.1, 0.15) is 31.9 Å². The van der Waals surface area contributed by atoms with Gasteiger partial charge in [0.15, 0.2) is 0 Å². The minimum Gasteiger partial charge on any atom is -0.496 e. The Kier molecular flexibility index (Phi) is 6.83. The maximum absolute atomic E-state index is 8.73. The van der Waals surface area contributed by atoms with E-state index in [9.17, 15) is 0 Å². The summed E-state index contributed by atoms with van der Waals surface area (Å²) in [6, 6.07) is 5.90. The molecule has 0 saturated heterocycles. The molecule has 0 aromatic heterocycles. The Labute approximate surface area is 120 Å². The summed E-state index contributed by atoms with van der Waals surface area (Å²) in [6.07, 6.45) is 0. The van der Waals surface area contributed by atoms with Crippen molar-refractivity contribution < 1.29 is 9.84 Å². The standard InChI is InChI=1S/C16H22O2S/c1-12(2)13(3)19-11-15-10-14(6-5-9-17)7-8-16(15)18-4/h7-8,10,12-13,17H,9,11H2,1-4H3. The Hall–Kier alpha value is -1.11. The quantitative estimate of drug-likeness (QED) is 0.838. The minimum atomic E-state index is -0.111. The molecule has 0 saturated carbocycles. The van der Waals surface area contributed by atoms with Gasteiger partial charge in [-0.3, -0.25) is 0 Å². The van der Waals surface area contributed by atoms with E-state index in [1.807, 2.05) is 30.0 Å². The predicted molar refractivity (Wildman–Crippen MR) is 82.6 cm³/mol. The summed E-state index contributed by atoms with van der Waals surface area (Å²) in [7, 11) is 1.69. The molecule has 0 aliphatic carbocycles. The average Bonchev–Trinajstić information content (AvgIpc) is 2.42. The molecule has 0 aliphatic rings. The third kappa shape index (κ3) is 5.18. The number of hydrogen-bond donors (Lipinski definition) is 1. The molecule has 0 radical (unpaired) electrons. The van der Waals surface area contributed by atoms with Crippen molar-refractivity contribution in [3.63, 3.8) is 0 Å². The Morgan fingerprint density at radius 2 is 2.05 bits per heavy atom. The van der Waals surface area contributed by atoms with E-state index in [-0.39, 0.29) is 6.61 Å². The highest BCUT2D eigenvalue weighted by Gasteiger charge is 2.10. The predicted octanol–water partition coefficient (Wildman–Crippen LogP) is 3.32. The summed E-state index contributed by atoms with van der Waals surface area (Å²) in [6.45, 7) is 6.60. The number of aliphatic hydroxyl groups is 1. The van der Waals surface area contributed by atoms with E-state index in [1.165, 1.54) is 0 Å². The number of thioether (sulfide) groups is 1. The van der Waals surface area contributed by atoms with Gasteiger partial charge in [-0.2, -0.15) is 11.8 Å². The summed E-state index contributed by atoms with van der Waals surface area (Å²) in [4.78, 5) is 0. The van der Waals surface area contributed by atoms with Gasteiger partial charge in [-0.15, -0.1) is 0 Å². The Bertz CT molecular complexity index is 458. The zero-order valence-electron chi connectivity index (χ0n) is 12.1. The van der Waals surface area contributed by atoms with Gasteiger partial charge in [-0.1, -0.05) is 32.6 Å². The first-order valence-corrected chi connectivity index (χ1v) is 7.51. The number of methoxy groups -OCH3 is 1. The molecular formula is C16H22O2S. The molecular weight excluding hydrogens is 256 g/mol. The van der Waals surface area contributed by atoms with Crippen LogP contribution in [0.5, 0.6) is 5.75 Å². The SMILES string of the molecule is COc1ccc(C#CCO)cc1CSC(C)C(C)C. The van der Waals surface area contributed by atoms with Gasteiger partial charge in [0.1, 0.15) is 12.4 Å². The molecule has 1 unspecified atom stereocenters. The normalized spacial score (nSPS) is 11.9. The lowest BCUT2D eigenvalue weighted by Gasteiger charge is -2.16. The van der Waals surface area contributed by atoms with E-state index in [1.54, 1.807) is 7.11 Å². The molecule has 0 aliphatic heterocycles. The van der Waals surface area contributed by atoms with Crippen molar-refractivity contribution >= 4 is 11.8 Å². The third-order valence-corrected chi connectivity index (χ3v) is 4.58. The van der Waals surface area contributed by atoms with Crippen LogP contribution in [-0.2, 0) is 5.75 Å². The minimum absolute atomic E-state index is 0.111. The van der Waals surface area contributed by atoms with Gasteiger partial charge in [0.2, 0.25) is 0 Å². The molecule has 1 atom stereocenters. The number of rotatable bonds is 5. The summed E-state index contributed by atoms with van der Waals surface area (Å²) < 4.78 is 5.39. The molecule has 0 heterocycles. The average molecular weight is 278 g/mol. The van der Waals surface area contributed by atoms with Crippen molar-refractivity contribution in [1.82, 2.24) is 0 Å². The van der Waals surface area contributed by atoms with Gasteiger partial charge >= 0.3 is 0 Å². The fourth-order valence-electron chi connectivity index (χ4n) is 1.52. The van der Waals surface area contributed by atoms with Crippen LogP contribution in [-0.4, -0.2) is 24.1 Å². The van der Waals surface area contributed by atoms with E-state index >= 15 is 0 Å². The van der Waals surface area contributed by atoms with Crippen molar-refractivity contribution in [1.29, 1.82) is 0 Å². The number of ether oxygens (including phenoxy) is 1. The summed E-state index contributed by atoms with van der Waals surface area (Å²) in [5.41, 5.74) is 2.08. The topological polar surface area (TPSA) is 29.5 Å². The third-order valence-electron chi connectivity index (χ3n) is 3.03. The summed E-state index contributed by atoms with van der Waals surface area (Å²) in [5.74, 6) is 8.08. The van der Waals surface area contributed by atoms with Crippen molar-refractivity contribution in [3.05, 3.63) is 29.3 Å². The van der Waals surface area contributed by atoms with Gasteiger partial charge in [-0.25, -0.2) is 0 Å². The summed E-state index contributed by atoms with van der Waals surface area (Å²) in [5, 5.41) is 9.34. The first-order valence-electron chi connectivity index (χ1n) is 6.46. The van der Waals surface area contributed by atoms with E-state index < -0.39 is 0 Å². The van der Waals surface area contributed by atoms with Crippen molar-refractivity contribution in [2.45, 2.75) is 31.8 Å². The highest BCUT2D eigenvalue weighted by molar-refractivity contribution is 7.99. The molecule has 1 N–H and O–H groups in total. The molecule has 3 heteroatoms. The second-order valence-electron chi connectivity index (χ2n) is 4.75. The van der Waals surface area contributed by atoms with Gasteiger partial charge in [0, 0.05) is 22.1 Å². The zero-order valence-corrected chi connectivity index (χ0v) is 12.9. The highest BCUT2D eigenvalue weighted by atomic mass is 32.2. The van der Waals surface area contributed by atoms with Crippen LogP contribution >= 0.6 is 11.8 Å². The molecule has 1 aromatic rings. The first-order chi connectivity index (χ1) is 9.08. The molecule has 104 valence electrons. The van der Waals surface area contributed by atoms with E-state index in [0.29, 0.717) is 11.2 Å². The maximum atomic E-state index is 8.73. The second-order valence-corrected chi connectivity index (χ2v) is 6.11. The van der Waals surface area contributed by atoms with Gasteiger partial charge < -0.3 is 9.84 Å². The highest BCUT2D eigenvalue weighted by Crippen LogP contribution is 2.28. The number of benzene rings is 1. The fraction of sp³-hybridized carbons (Fsp3) is 0.500. The number of aliphatic hydroxyl groups excluding tert-OH is 1. The Morgan fingerprint density at radius 1 is 1.32 bits per heavy atom. The first kappa shape index (κ1) is 15.9. The van der Waals surface area contributed by atoms with Gasteiger partial charge in [-0.05, 0) is 24.1 Å². The van der Waals surface area contributed by atoms with E-state index in [2.05, 4.69) is 32.6 Å². The smallest absolute Gasteiger partial charge is 0.122 e. The molecule has 1 aromatic carbocycles. The lowest BCUT2D eigenvalue weighted by atomic mass is 10.1. The van der Waals surface area contributed by atoms with Crippen LogP contribution in [0.3, 0.4) is 0 Å². The maximum Gasteiger partial charge on any atom is 0.122 e. The van der Waals surface area contributed by atoms with Gasteiger partial charge in [0.05, 0.1) is 7.11 Å². The lowest BCUT2D eigenvalue weighted by Crippen LogP contribution is -2.06. The van der Waals surface area contributed by atoms with Crippen LogP contribution in [0, 0.1) is 17.8 Å². The second kappa shape index (κ2) is 8.14. The Morgan fingerprint density at radius 3 is 2.63 bits per heavy atom. The van der Waals surface area contributed by atoms with Gasteiger partial charge in [0.25, 0.3) is 0 Å².